The van der Waals surface area contributed by atoms with Crippen LogP contribution in [0.1, 0.15) is 37.3 Å². The maximum absolute atomic E-state index is 4.87. The van der Waals surface area contributed by atoms with Gasteiger partial charge in [0.25, 0.3) is 0 Å². The van der Waals surface area contributed by atoms with Crippen LogP contribution in [0.3, 0.4) is 0 Å². The van der Waals surface area contributed by atoms with E-state index >= 15 is 0 Å². The Labute approximate surface area is 92.5 Å². The molecule has 0 saturated heterocycles. The standard InChI is InChI=1S/C14H18O/c1-4-12(2)14-9-7-13(8-10-14)6-5-11-15-3/h7-10,12H,4,11H2,1-3H3. The first-order valence-electron chi connectivity index (χ1n) is 5.35. The van der Waals surface area contributed by atoms with Crippen molar-refractivity contribution in [2.45, 2.75) is 26.2 Å². The summed E-state index contributed by atoms with van der Waals surface area (Å²) in [5.74, 6) is 6.63. The molecule has 0 aliphatic carbocycles. The fourth-order valence-electron chi connectivity index (χ4n) is 1.34. The SMILES string of the molecule is CCC(C)c1ccc(C#CCOC)cc1. The molecule has 0 aliphatic rings. The zero-order valence-electron chi connectivity index (χ0n) is 9.71. The van der Waals surface area contributed by atoms with Gasteiger partial charge in [-0.25, -0.2) is 0 Å². The fourth-order valence-corrected chi connectivity index (χ4v) is 1.34. The Kier molecular flexibility index (Phi) is 4.93. The van der Waals surface area contributed by atoms with Crippen molar-refractivity contribution >= 4 is 0 Å². The first-order chi connectivity index (χ1) is 7.27. The van der Waals surface area contributed by atoms with Gasteiger partial charge in [-0.05, 0) is 30.0 Å². The number of ether oxygens (including phenoxy) is 1. The summed E-state index contributed by atoms with van der Waals surface area (Å²) in [6.07, 6.45) is 1.18. The lowest BCUT2D eigenvalue weighted by molar-refractivity contribution is 0.240. The van der Waals surface area contributed by atoms with Gasteiger partial charge < -0.3 is 4.74 Å². The van der Waals surface area contributed by atoms with Crippen molar-refractivity contribution in [3.8, 4) is 11.8 Å². The zero-order chi connectivity index (χ0) is 11.1. The Morgan fingerprint density at radius 2 is 1.93 bits per heavy atom. The van der Waals surface area contributed by atoms with Crippen LogP contribution in [0.4, 0.5) is 0 Å². The molecular weight excluding hydrogens is 184 g/mol. The van der Waals surface area contributed by atoms with Crippen molar-refractivity contribution in [1.29, 1.82) is 0 Å². The number of rotatable bonds is 3. The van der Waals surface area contributed by atoms with Crippen molar-refractivity contribution < 1.29 is 4.74 Å². The van der Waals surface area contributed by atoms with E-state index in [4.69, 9.17) is 4.74 Å². The van der Waals surface area contributed by atoms with Gasteiger partial charge in [0.2, 0.25) is 0 Å². The summed E-state index contributed by atoms with van der Waals surface area (Å²) in [7, 11) is 1.65. The van der Waals surface area contributed by atoms with Gasteiger partial charge >= 0.3 is 0 Å². The van der Waals surface area contributed by atoms with Crippen LogP contribution in [0, 0.1) is 11.8 Å². The molecule has 0 N–H and O–H groups in total. The zero-order valence-corrected chi connectivity index (χ0v) is 9.71. The van der Waals surface area contributed by atoms with Gasteiger partial charge in [0.1, 0.15) is 6.61 Å². The Hall–Kier alpha value is -1.26. The molecule has 1 nitrogen and oxygen atoms in total. The van der Waals surface area contributed by atoms with Gasteiger partial charge in [0.05, 0.1) is 0 Å². The van der Waals surface area contributed by atoms with Crippen LogP contribution in [-0.2, 0) is 4.74 Å². The third-order valence-electron chi connectivity index (χ3n) is 2.54. The third kappa shape index (κ3) is 3.77. The van der Waals surface area contributed by atoms with E-state index in [0.29, 0.717) is 12.5 Å². The maximum atomic E-state index is 4.87. The second-order valence-corrected chi connectivity index (χ2v) is 3.67. The molecule has 0 aliphatic heterocycles. The lowest BCUT2D eigenvalue weighted by Gasteiger charge is -2.07. The number of hydrogen-bond acceptors (Lipinski definition) is 1. The van der Waals surface area contributed by atoms with Gasteiger partial charge in [-0.15, -0.1) is 0 Å². The summed E-state index contributed by atoms with van der Waals surface area (Å²) >= 11 is 0. The lowest BCUT2D eigenvalue weighted by atomic mass is 9.98. The Bertz CT molecular complexity index is 340. The van der Waals surface area contributed by atoms with Crippen LogP contribution >= 0.6 is 0 Å². The van der Waals surface area contributed by atoms with Gasteiger partial charge in [0.15, 0.2) is 0 Å². The maximum Gasteiger partial charge on any atom is 0.107 e. The summed E-state index contributed by atoms with van der Waals surface area (Å²) in [4.78, 5) is 0. The monoisotopic (exact) mass is 202 g/mol. The van der Waals surface area contributed by atoms with Gasteiger partial charge in [0, 0.05) is 12.7 Å². The van der Waals surface area contributed by atoms with Crippen molar-refractivity contribution in [2.24, 2.45) is 0 Å². The van der Waals surface area contributed by atoms with Gasteiger partial charge in [-0.2, -0.15) is 0 Å². The second kappa shape index (κ2) is 6.27. The minimum Gasteiger partial charge on any atom is -0.372 e. The molecule has 80 valence electrons. The van der Waals surface area contributed by atoms with E-state index in [1.165, 1.54) is 12.0 Å². The summed E-state index contributed by atoms with van der Waals surface area (Å²) in [6.45, 7) is 4.94. The number of benzene rings is 1. The molecule has 0 saturated carbocycles. The third-order valence-corrected chi connectivity index (χ3v) is 2.54. The Balaban J connectivity index is 2.69. The van der Waals surface area contributed by atoms with Crippen LogP contribution in [0.25, 0.3) is 0 Å². The Morgan fingerprint density at radius 3 is 2.47 bits per heavy atom. The van der Waals surface area contributed by atoms with E-state index < -0.39 is 0 Å². The largest absolute Gasteiger partial charge is 0.372 e. The minimum absolute atomic E-state index is 0.493. The molecule has 0 amide bonds. The average molecular weight is 202 g/mol. The highest BCUT2D eigenvalue weighted by molar-refractivity contribution is 5.37. The molecule has 15 heavy (non-hydrogen) atoms. The highest BCUT2D eigenvalue weighted by atomic mass is 16.5. The topological polar surface area (TPSA) is 9.23 Å². The summed E-state index contributed by atoms with van der Waals surface area (Å²) in [6, 6.07) is 8.46. The molecule has 1 heteroatoms. The summed E-state index contributed by atoms with van der Waals surface area (Å²) in [5, 5.41) is 0. The highest BCUT2D eigenvalue weighted by Crippen LogP contribution is 2.18. The summed E-state index contributed by atoms with van der Waals surface area (Å²) in [5.41, 5.74) is 2.44. The first kappa shape index (κ1) is 11.8. The molecule has 0 fully saturated rings. The van der Waals surface area contributed by atoms with E-state index in [0.717, 1.165) is 5.56 Å². The van der Waals surface area contributed by atoms with E-state index in [1.807, 2.05) is 0 Å². The lowest BCUT2D eigenvalue weighted by Crippen LogP contribution is -1.90. The molecule has 1 unspecified atom stereocenters. The summed E-state index contributed by atoms with van der Waals surface area (Å²) < 4.78 is 4.87. The molecule has 0 radical (unpaired) electrons. The normalized spacial score (nSPS) is 11.7. The highest BCUT2D eigenvalue weighted by Gasteiger charge is 2.00. The quantitative estimate of drug-likeness (QED) is 0.684. The van der Waals surface area contributed by atoms with E-state index in [1.54, 1.807) is 7.11 Å². The van der Waals surface area contributed by atoms with Crippen molar-refractivity contribution in [3.63, 3.8) is 0 Å². The average Bonchev–Trinajstić information content (AvgIpc) is 2.29. The molecule has 0 heterocycles. The van der Waals surface area contributed by atoms with E-state index in [9.17, 15) is 0 Å². The minimum atomic E-state index is 0.493. The van der Waals surface area contributed by atoms with Crippen LogP contribution in [-0.4, -0.2) is 13.7 Å². The van der Waals surface area contributed by atoms with Crippen molar-refractivity contribution in [2.75, 3.05) is 13.7 Å². The van der Waals surface area contributed by atoms with E-state index in [-0.39, 0.29) is 0 Å². The molecule has 0 aromatic heterocycles. The van der Waals surface area contributed by atoms with Crippen LogP contribution < -0.4 is 0 Å². The first-order valence-corrected chi connectivity index (χ1v) is 5.35. The molecule has 1 aromatic rings. The smallest absolute Gasteiger partial charge is 0.107 e. The van der Waals surface area contributed by atoms with Crippen LogP contribution in [0.15, 0.2) is 24.3 Å². The second-order valence-electron chi connectivity index (χ2n) is 3.67. The van der Waals surface area contributed by atoms with Gasteiger partial charge in [-0.1, -0.05) is 37.8 Å². The number of hydrogen-bond donors (Lipinski definition) is 0. The van der Waals surface area contributed by atoms with Gasteiger partial charge in [-0.3, -0.25) is 0 Å². The molecule has 1 aromatic carbocycles. The van der Waals surface area contributed by atoms with Crippen LogP contribution in [0.2, 0.25) is 0 Å². The number of methoxy groups -OCH3 is 1. The van der Waals surface area contributed by atoms with E-state index in [2.05, 4.69) is 50.0 Å². The molecular formula is C14H18O. The molecule has 1 atom stereocenters. The molecule has 1 rings (SSSR count). The fraction of sp³-hybridized carbons (Fsp3) is 0.429. The molecule has 0 spiro atoms. The van der Waals surface area contributed by atoms with Crippen molar-refractivity contribution in [1.82, 2.24) is 0 Å². The molecule has 0 bridgehead atoms. The Morgan fingerprint density at radius 1 is 1.27 bits per heavy atom. The predicted molar refractivity (Wildman–Crippen MR) is 63.9 cm³/mol. The predicted octanol–water partition coefficient (Wildman–Crippen LogP) is 3.20. The van der Waals surface area contributed by atoms with Crippen molar-refractivity contribution in [3.05, 3.63) is 35.4 Å². The van der Waals surface area contributed by atoms with Crippen LogP contribution in [0.5, 0.6) is 0 Å².